The van der Waals surface area contributed by atoms with Crippen LogP contribution in [0.2, 0.25) is 0 Å². The summed E-state index contributed by atoms with van der Waals surface area (Å²) in [5, 5.41) is -1.57. The van der Waals surface area contributed by atoms with Crippen LogP contribution in [0.25, 0.3) is 0 Å². The van der Waals surface area contributed by atoms with Crippen molar-refractivity contribution in [3.8, 4) is 0 Å². The lowest BCUT2D eigenvalue weighted by molar-refractivity contribution is 0.121. The smallest absolute Gasteiger partial charge is 0.324 e. The minimum Gasteiger partial charge on any atom is -0.324 e. The minimum atomic E-state index is -4.55. The third-order valence-corrected chi connectivity index (χ3v) is 6.25. The molecule has 0 radical (unpaired) electrons. The van der Waals surface area contributed by atoms with Gasteiger partial charge in [0.15, 0.2) is 5.40 Å². The van der Waals surface area contributed by atoms with Crippen molar-refractivity contribution >= 4 is 15.2 Å². The Bertz CT molecular complexity index is 304. The fourth-order valence-corrected chi connectivity index (χ4v) is 5.23. The van der Waals surface area contributed by atoms with Gasteiger partial charge in [0.05, 0.1) is 5.60 Å². The van der Waals surface area contributed by atoms with Crippen molar-refractivity contribution in [2.24, 2.45) is 0 Å². The fourth-order valence-electron chi connectivity index (χ4n) is 1.32. The van der Waals surface area contributed by atoms with Crippen LogP contribution in [-0.4, -0.2) is 25.7 Å². The van der Waals surface area contributed by atoms with Crippen molar-refractivity contribution < 1.29 is 28.3 Å². The van der Waals surface area contributed by atoms with Crippen LogP contribution >= 0.6 is 15.2 Å². The van der Waals surface area contributed by atoms with Crippen LogP contribution in [0, 0.1) is 0 Å². The fraction of sp³-hybridized carbons (Fsp3) is 1.00. The van der Waals surface area contributed by atoms with Crippen LogP contribution in [0.5, 0.6) is 0 Å². The average molecular weight is 230 g/mol. The van der Waals surface area contributed by atoms with Crippen molar-refractivity contribution in [2.45, 2.75) is 31.3 Å². The maximum atomic E-state index is 11.2. The third-order valence-electron chi connectivity index (χ3n) is 1.82. The van der Waals surface area contributed by atoms with E-state index in [2.05, 4.69) is 0 Å². The highest BCUT2D eigenvalue weighted by Gasteiger charge is 2.56. The van der Waals surface area contributed by atoms with Gasteiger partial charge in [0.25, 0.3) is 0 Å². The van der Waals surface area contributed by atoms with Gasteiger partial charge in [-0.2, -0.15) is 0 Å². The molecule has 0 amide bonds. The molecule has 1 heterocycles. The van der Waals surface area contributed by atoms with Crippen molar-refractivity contribution in [3.05, 3.63) is 0 Å². The van der Waals surface area contributed by atoms with Crippen LogP contribution in [0.4, 0.5) is 0 Å². The van der Waals surface area contributed by atoms with Crippen LogP contribution in [0.3, 0.4) is 0 Å². The Morgan fingerprint density at radius 1 is 1.54 bits per heavy atom. The van der Waals surface area contributed by atoms with Crippen molar-refractivity contribution in [1.82, 2.24) is 0 Å². The maximum Gasteiger partial charge on any atom is 0.343 e. The maximum absolute atomic E-state index is 11.2. The Morgan fingerprint density at radius 3 is 2.15 bits per heavy atom. The van der Waals surface area contributed by atoms with Gasteiger partial charge in [0, 0.05) is 6.42 Å². The zero-order chi connectivity index (χ0) is 10.5. The molecule has 0 spiro atoms. The van der Waals surface area contributed by atoms with Crippen LogP contribution in [0.15, 0.2) is 0 Å². The molecule has 2 unspecified atom stereocenters. The van der Waals surface area contributed by atoms with E-state index in [1.54, 1.807) is 0 Å². The van der Waals surface area contributed by atoms with E-state index in [1.165, 1.54) is 13.8 Å². The Balaban J connectivity index is 3.03. The topological polar surface area (TPSA) is 104 Å². The van der Waals surface area contributed by atoms with E-state index >= 15 is 0 Å². The lowest BCUT2D eigenvalue weighted by Crippen LogP contribution is -2.17. The molecule has 6 nitrogen and oxygen atoms in total. The minimum absolute atomic E-state index is 0.106. The van der Waals surface area contributed by atoms with Crippen LogP contribution in [-0.2, 0) is 13.7 Å². The summed E-state index contributed by atoms with van der Waals surface area (Å²) < 4.78 is 26.8. The van der Waals surface area contributed by atoms with Gasteiger partial charge >= 0.3 is 15.2 Å². The first-order valence-corrected chi connectivity index (χ1v) is 6.96. The van der Waals surface area contributed by atoms with Gasteiger partial charge in [0.1, 0.15) is 0 Å². The molecule has 0 saturated carbocycles. The molecule has 1 aliphatic heterocycles. The van der Waals surface area contributed by atoms with Crippen molar-refractivity contribution in [1.29, 1.82) is 0 Å². The summed E-state index contributed by atoms with van der Waals surface area (Å²) >= 11 is 0. The van der Waals surface area contributed by atoms with E-state index < -0.39 is 26.2 Å². The van der Waals surface area contributed by atoms with Gasteiger partial charge in [-0.3, -0.25) is 9.13 Å². The molecule has 3 N–H and O–H groups in total. The SMILES string of the molecule is CC1(C)CC(P(=O)(O)O)P(=O)(O)O1. The molecule has 1 saturated heterocycles. The molecule has 13 heavy (non-hydrogen) atoms. The van der Waals surface area contributed by atoms with Crippen LogP contribution < -0.4 is 0 Å². The van der Waals surface area contributed by atoms with E-state index in [0.29, 0.717) is 0 Å². The molecular weight excluding hydrogens is 218 g/mol. The van der Waals surface area contributed by atoms with Gasteiger partial charge < -0.3 is 19.2 Å². The molecule has 0 aliphatic carbocycles. The summed E-state index contributed by atoms with van der Waals surface area (Å²) in [6, 6.07) is 0. The Kier molecular flexibility index (Phi) is 2.53. The molecule has 78 valence electrons. The number of hydrogen-bond acceptors (Lipinski definition) is 3. The third kappa shape index (κ3) is 2.40. The number of rotatable bonds is 1. The molecule has 8 heteroatoms. The molecule has 0 aromatic rings. The highest BCUT2D eigenvalue weighted by molar-refractivity contribution is 7.71. The summed E-state index contributed by atoms with van der Waals surface area (Å²) in [6.07, 6.45) is -0.106. The van der Waals surface area contributed by atoms with Crippen molar-refractivity contribution in [2.75, 3.05) is 0 Å². The zero-order valence-corrected chi connectivity index (χ0v) is 9.03. The largest absolute Gasteiger partial charge is 0.343 e. The van der Waals surface area contributed by atoms with E-state index in [1.807, 2.05) is 0 Å². The summed E-state index contributed by atoms with van der Waals surface area (Å²) in [7, 11) is -8.71. The predicted molar refractivity (Wildman–Crippen MR) is 45.4 cm³/mol. The van der Waals surface area contributed by atoms with E-state index in [0.717, 1.165) is 0 Å². The van der Waals surface area contributed by atoms with Gasteiger partial charge in [-0.15, -0.1) is 0 Å². The first-order chi connectivity index (χ1) is 5.55. The van der Waals surface area contributed by atoms with Gasteiger partial charge in [-0.25, -0.2) is 0 Å². The van der Waals surface area contributed by atoms with E-state index in [-0.39, 0.29) is 6.42 Å². The summed E-state index contributed by atoms with van der Waals surface area (Å²) in [5.74, 6) is 0. The molecule has 0 bridgehead atoms. The lowest BCUT2D eigenvalue weighted by atomic mass is 10.1. The molecule has 2 atom stereocenters. The molecule has 1 aliphatic rings. The zero-order valence-electron chi connectivity index (χ0n) is 7.25. The Hall–Kier alpha value is 0.300. The summed E-state index contributed by atoms with van der Waals surface area (Å²) in [5.41, 5.74) is -0.948. The van der Waals surface area contributed by atoms with Gasteiger partial charge in [-0.1, -0.05) is 0 Å². The molecule has 0 aromatic carbocycles. The Labute approximate surface area is 75.6 Å². The van der Waals surface area contributed by atoms with E-state index in [9.17, 15) is 9.13 Å². The molecule has 1 rings (SSSR count). The highest BCUT2D eigenvalue weighted by Crippen LogP contribution is 2.71. The normalized spacial score (nSPS) is 39.3. The number of hydrogen-bond donors (Lipinski definition) is 3. The molecule has 1 fully saturated rings. The highest BCUT2D eigenvalue weighted by atomic mass is 31.2. The summed E-state index contributed by atoms with van der Waals surface area (Å²) in [4.78, 5) is 26.7. The quantitative estimate of drug-likeness (QED) is 0.577. The first kappa shape index (κ1) is 11.4. The predicted octanol–water partition coefficient (Wildman–Crippen LogP) is 0.874. The second-order valence-electron chi connectivity index (χ2n) is 3.69. The molecular formula is C5H12O6P2. The second kappa shape index (κ2) is 2.89. The summed E-state index contributed by atoms with van der Waals surface area (Å²) in [6.45, 7) is 3.04. The standard InChI is InChI=1S/C5H12O6P2/c1-5(2)3-4(12(6,7)8)13(9,10)11-5/h4H,3H2,1-2H3,(H,9,10)(H2,6,7,8). The van der Waals surface area contributed by atoms with Crippen molar-refractivity contribution in [3.63, 3.8) is 0 Å². The van der Waals surface area contributed by atoms with Crippen LogP contribution in [0.1, 0.15) is 20.3 Å². The second-order valence-corrected chi connectivity index (χ2v) is 7.83. The average Bonchev–Trinajstić information content (AvgIpc) is 1.97. The van der Waals surface area contributed by atoms with E-state index in [4.69, 9.17) is 19.2 Å². The monoisotopic (exact) mass is 230 g/mol. The lowest BCUT2D eigenvalue weighted by Gasteiger charge is -2.14. The first-order valence-electron chi connectivity index (χ1n) is 3.63. The van der Waals surface area contributed by atoms with Gasteiger partial charge in [-0.05, 0) is 13.8 Å². The Morgan fingerprint density at radius 2 is 2.00 bits per heavy atom. The molecule has 0 aromatic heterocycles. The van der Waals surface area contributed by atoms with Gasteiger partial charge in [0.2, 0.25) is 0 Å².